The minimum absolute atomic E-state index is 0.181. The van der Waals surface area contributed by atoms with Gasteiger partial charge in [0.05, 0.1) is 17.7 Å². The molecule has 2 N–H and O–H groups in total. The Morgan fingerprint density at radius 3 is 2.72 bits per heavy atom. The molecule has 134 valence electrons. The SMILES string of the molecule is CSCCC(NC(=O)c1ccc(C)c(C)c1)C(=O)NCc1cscn1. The van der Waals surface area contributed by atoms with Crippen LogP contribution in [0.5, 0.6) is 0 Å². The molecule has 0 aliphatic carbocycles. The van der Waals surface area contributed by atoms with Crippen LogP contribution in [-0.4, -0.2) is 34.8 Å². The Morgan fingerprint density at radius 2 is 2.08 bits per heavy atom. The largest absolute Gasteiger partial charge is 0.349 e. The molecule has 0 bridgehead atoms. The van der Waals surface area contributed by atoms with Crippen molar-refractivity contribution in [2.45, 2.75) is 32.9 Å². The lowest BCUT2D eigenvalue weighted by molar-refractivity contribution is -0.123. The summed E-state index contributed by atoms with van der Waals surface area (Å²) in [6.45, 7) is 4.35. The van der Waals surface area contributed by atoms with E-state index >= 15 is 0 Å². The number of hydrogen-bond acceptors (Lipinski definition) is 5. The number of thioether (sulfide) groups is 1. The fourth-order valence-corrected chi connectivity index (χ4v) is 3.28. The third-order valence-electron chi connectivity index (χ3n) is 3.93. The summed E-state index contributed by atoms with van der Waals surface area (Å²) < 4.78 is 0. The number of benzene rings is 1. The second kappa shape index (κ2) is 9.58. The Labute approximate surface area is 156 Å². The van der Waals surface area contributed by atoms with Crippen LogP contribution in [0.1, 0.15) is 33.6 Å². The number of aromatic nitrogens is 1. The molecule has 0 aliphatic rings. The van der Waals surface area contributed by atoms with Gasteiger partial charge in [-0.3, -0.25) is 9.59 Å². The van der Waals surface area contributed by atoms with Crippen LogP contribution in [0.3, 0.4) is 0 Å². The molecule has 0 aliphatic heterocycles. The van der Waals surface area contributed by atoms with Gasteiger partial charge in [-0.15, -0.1) is 11.3 Å². The predicted octanol–water partition coefficient (Wildman–Crippen LogP) is 2.93. The average Bonchev–Trinajstić information content (AvgIpc) is 3.12. The van der Waals surface area contributed by atoms with Crippen LogP contribution in [0, 0.1) is 13.8 Å². The maximum atomic E-state index is 12.5. The summed E-state index contributed by atoms with van der Waals surface area (Å²) in [4.78, 5) is 29.1. The van der Waals surface area contributed by atoms with Crippen molar-refractivity contribution in [1.82, 2.24) is 15.6 Å². The van der Waals surface area contributed by atoms with Gasteiger partial charge in [0.1, 0.15) is 6.04 Å². The minimum atomic E-state index is -0.555. The number of carbonyl (C=O) groups is 2. The van der Waals surface area contributed by atoms with Crippen molar-refractivity contribution in [2.24, 2.45) is 0 Å². The number of carbonyl (C=O) groups excluding carboxylic acids is 2. The predicted molar refractivity (Wildman–Crippen MR) is 104 cm³/mol. The van der Waals surface area contributed by atoms with Gasteiger partial charge >= 0.3 is 0 Å². The molecular formula is C18H23N3O2S2. The highest BCUT2D eigenvalue weighted by molar-refractivity contribution is 7.98. The summed E-state index contributed by atoms with van der Waals surface area (Å²) >= 11 is 3.14. The van der Waals surface area contributed by atoms with E-state index in [0.29, 0.717) is 18.5 Å². The first-order chi connectivity index (χ1) is 12.0. The van der Waals surface area contributed by atoms with Gasteiger partial charge in [-0.1, -0.05) is 6.07 Å². The van der Waals surface area contributed by atoms with Crippen LogP contribution < -0.4 is 10.6 Å². The van der Waals surface area contributed by atoms with E-state index in [1.165, 1.54) is 11.3 Å². The van der Waals surface area contributed by atoms with Gasteiger partial charge in [0.25, 0.3) is 5.91 Å². The first kappa shape index (κ1) is 19.5. The van der Waals surface area contributed by atoms with Crippen molar-refractivity contribution in [2.75, 3.05) is 12.0 Å². The van der Waals surface area contributed by atoms with Gasteiger partial charge in [-0.2, -0.15) is 11.8 Å². The maximum Gasteiger partial charge on any atom is 0.251 e. The molecule has 1 aromatic heterocycles. The summed E-state index contributed by atoms with van der Waals surface area (Å²) in [5.41, 5.74) is 5.32. The van der Waals surface area contributed by atoms with Gasteiger partial charge < -0.3 is 10.6 Å². The summed E-state index contributed by atoms with van der Waals surface area (Å²) in [6.07, 6.45) is 2.57. The van der Waals surface area contributed by atoms with Crippen LogP contribution >= 0.6 is 23.1 Å². The lowest BCUT2D eigenvalue weighted by Gasteiger charge is -2.18. The number of nitrogens with one attached hydrogen (secondary N) is 2. The standard InChI is InChI=1S/C18H23N3O2S2/c1-12-4-5-14(8-13(12)2)17(22)21-16(6-7-24-3)18(23)19-9-15-10-25-11-20-15/h4-5,8,10-11,16H,6-7,9H2,1-3H3,(H,19,23)(H,21,22). The Hall–Kier alpha value is -1.86. The monoisotopic (exact) mass is 377 g/mol. The van der Waals surface area contributed by atoms with E-state index in [4.69, 9.17) is 0 Å². The molecule has 5 nitrogen and oxygen atoms in total. The third kappa shape index (κ3) is 5.86. The van der Waals surface area contributed by atoms with E-state index in [1.54, 1.807) is 23.3 Å². The highest BCUT2D eigenvalue weighted by Gasteiger charge is 2.21. The van der Waals surface area contributed by atoms with E-state index in [0.717, 1.165) is 22.6 Å². The van der Waals surface area contributed by atoms with Crippen molar-refractivity contribution in [3.05, 3.63) is 51.5 Å². The zero-order valence-corrected chi connectivity index (χ0v) is 16.3. The highest BCUT2D eigenvalue weighted by Crippen LogP contribution is 2.11. The molecule has 0 spiro atoms. The van der Waals surface area contributed by atoms with E-state index in [9.17, 15) is 9.59 Å². The average molecular weight is 378 g/mol. The van der Waals surface area contributed by atoms with E-state index in [2.05, 4.69) is 15.6 Å². The smallest absolute Gasteiger partial charge is 0.251 e. The van der Waals surface area contributed by atoms with Crippen molar-refractivity contribution < 1.29 is 9.59 Å². The zero-order chi connectivity index (χ0) is 18.2. The van der Waals surface area contributed by atoms with Crippen LogP contribution in [0.4, 0.5) is 0 Å². The molecule has 7 heteroatoms. The normalized spacial score (nSPS) is 11.8. The summed E-state index contributed by atoms with van der Waals surface area (Å²) in [5.74, 6) is 0.388. The van der Waals surface area contributed by atoms with Gasteiger partial charge in [0.15, 0.2) is 0 Å². The zero-order valence-electron chi connectivity index (χ0n) is 14.7. The van der Waals surface area contributed by atoms with Crippen LogP contribution in [0.2, 0.25) is 0 Å². The molecule has 1 unspecified atom stereocenters. The van der Waals surface area contributed by atoms with Gasteiger partial charge in [0, 0.05) is 10.9 Å². The van der Waals surface area contributed by atoms with Crippen LogP contribution in [0.25, 0.3) is 0 Å². The second-order valence-electron chi connectivity index (χ2n) is 5.80. The Kier molecular flexibility index (Phi) is 7.46. The Morgan fingerprint density at radius 1 is 1.28 bits per heavy atom. The maximum absolute atomic E-state index is 12.5. The fourth-order valence-electron chi connectivity index (χ4n) is 2.25. The quantitative estimate of drug-likeness (QED) is 0.742. The van der Waals surface area contributed by atoms with E-state index in [1.807, 2.05) is 37.6 Å². The summed E-state index contributed by atoms with van der Waals surface area (Å²) in [6, 6.07) is 5.00. The second-order valence-corrected chi connectivity index (χ2v) is 7.51. The number of thiazole rings is 1. The molecule has 0 saturated heterocycles. The van der Waals surface area contributed by atoms with Crippen molar-refractivity contribution >= 4 is 34.9 Å². The van der Waals surface area contributed by atoms with Gasteiger partial charge in [-0.25, -0.2) is 4.98 Å². The molecule has 1 aromatic carbocycles. The molecule has 0 radical (unpaired) electrons. The van der Waals surface area contributed by atoms with Crippen molar-refractivity contribution in [3.63, 3.8) is 0 Å². The fraction of sp³-hybridized carbons (Fsp3) is 0.389. The molecule has 2 rings (SSSR count). The molecule has 25 heavy (non-hydrogen) atoms. The summed E-state index contributed by atoms with van der Waals surface area (Å²) in [7, 11) is 0. The molecule has 2 aromatic rings. The van der Waals surface area contributed by atoms with Crippen molar-refractivity contribution in [3.8, 4) is 0 Å². The molecule has 0 saturated carbocycles. The topological polar surface area (TPSA) is 71.1 Å². The lowest BCUT2D eigenvalue weighted by atomic mass is 10.1. The Balaban J connectivity index is 2.01. The number of aryl methyl sites for hydroxylation is 2. The molecule has 2 amide bonds. The van der Waals surface area contributed by atoms with Crippen LogP contribution in [0.15, 0.2) is 29.1 Å². The first-order valence-electron chi connectivity index (χ1n) is 8.03. The summed E-state index contributed by atoms with van der Waals surface area (Å²) in [5, 5.41) is 7.61. The van der Waals surface area contributed by atoms with E-state index < -0.39 is 6.04 Å². The highest BCUT2D eigenvalue weighted by atomic mass is 32.2. The van der Waals surface area contributed by atoms with E-state index in [-0.39, 0.29) is 11.8 Å². The molecule has 1 atom stereocenters. The number of amides is 2. The van der Waals surface area contributed by atoms with Gasteiger partial charge in [-0.05, 0) is 55.5 Å². The number of nitrogens with zero attached hydrogens (tertiary/aromatic N) is 1. The molecule has 0 fully saturated rings. The molecular weight excluding hydrogens is 354 g/mol. The Bertz CT molecular complexity index is 717. The number of hydrogen-bond donors (Lipinski definition) is 2. The minimum Gasteiger partial charge on any atom is -0.349 e. The lowest BCUT2D eigenvalue weighted by Crippen LogP contribution is -2.46. The van der Waals surface area contributed by atoms with Gasteiger partial charge in [0.2, 0.25) is 5.91 Å². The molecule has 1 heterocycles. The first-order valence-corrected chi connectivity index (χ1v) is 10.4. The van der Waals surface area contributed by atoms with Crippen LogP contribution in [-0.2, 0) is 11.3 Å². The number of rotatable bonds is 8. The third-order valence-corrected chi connectivity index (χ3v) is 5.21. The van der Waals surface area contributed by atoms with Crippen molar-refractivity contribution in [1.29, 1.82) is 0 Å².